The van der Waals surface area contributed by atoms with E-state index >= 15 is 0 Å². The maximum atomic E-state index is 6.02. The Bertz CT molecular complexity index is 576. The van der Waals surface area contributed by atoms with Gasteiger partial charge >= 0.3 is 0 Å². The first-order valence-corrected chi connectivity index (χ1v) is 7.55. The van der Waals surface area contributed by atoms with Crippen molar-refractivity contribution in [3.05, 3.63) is 36.0 Å². The molecule has 2 heterocycles. The van der Waals surface area contributed by atoms with Crippen LogP contribution in [0.15, 0.2) is 30.3 Å². The Balaban J connectivity index is 1.67. The van der Waals surface area contributed by atoms with Gasteiger partial charge in [0.1, 0.15) is 5.75 Å². The van der Waals surface area contributed by atoms with Gasteiger partial charge in [0, 0.05) is 23.2 Å². The number of hydrogen-bond donors (Lipinski definition) is 1. The van der Waals surface area contributed by atoms with Crippen LogP contribution in [0.3, 0.4) is 0 Å². The third-order valence-electron chi connectivity index (χ3n) is 3.94. The summed E-state index contributed by atoms with van der Waals surface area (Å²) >= 11 is 0. The van der Waals surface area contributed by atoms with Crippen LogP contribution in [0.25, 0.3) is 10.9 Å². The number of para-hydroxylation sites is 1. The molecule has 1 aliphatic rings. The molecule has 106 valence electrons. The zero-order chi connectivity index (χ0) is 13.8. The van der Waals surface area contributed by atoms with Gasteiger partial charge in [-0.2, -0.15) is 0 Å². The van der Waals surface area contributed by atoms with E-state index in [4.69, 9.17) is 4.74 Å². The predicted molar refractivity (Wildman–Crippen MR) is 82.2 cm³/mol. The van der Waals surface area contributed by atoms with Crippen LogP contribution in [-0.4, -0.2) is 24.2 Å². The number of rotatable bonds is 4. The largest absolute Gasteiger partial charge is 0.493 e. The molecule has 1 N–H and O–H groups in total. The van der Waals surface area contributed by atoms with Crippen LogP contribution >= 0.6 is 0 Å². The Morgan fingerprint density at radius 1 is 1.30 bits per heavy atom. The summed E-state index contributed by atoms with van der Waals surface area (Å²) in [6.07, 6.45) is 5.01. The Morgan fingerprint density at radius 2 is 2.20 bits per heavy atom. The zero-order valence-corrected chi connectivity index (χ0v) is 12.1. The summed E-state index contributed by atoms with van der Waals surface area (Å²) in [4.78, 5) is 4.54. The van der Waals surface area contributed by atoms with Gasteiger partial charge in [-0.1, -0.05) is 18.6 Å². The van der Waals surface area contributed by atoms with Gasteiger partial charge in [0.05, 0.1) is 12.1 Å². The fourth-order valence-electron chi connectivity index (χ4n) is 2.87. The molecule has 1 saturated heterocycles. The maximum Gasteiger partial charge on any atom is 0.130 e. The number of nitrogens with zero attached hydrogens (tertiary/aromatic N) is 1. The molecule has 1 fully saturated rings. The molecule has 3 nitrogen and oxygen atoms in total. The van der Waals surface area contributed by atoms with Crippen molar-refractivity contribution in [3.63, 3.8) is 0 Å². The van der Waals surface area contributed by atoms with Gasteiger partial charge < -0.3 is 10.1 Å². The van der Waals surface area contributed by atoms with Gasteiger partial charge in [-0.05, 0) is 44.9 Å². The summed E-state index contributed by atoms with van der Waals surface area (Å²) in [5, 5.41) is 4.67. The molecular formula is C17H22N2O. The van der Waals surface area contributed by atoms with Crippen molar-refractivity contribution in [3.8, 4) is 5.75 Å². The molecule has 0 bridgehead atoms. The van der Waals surface area contributed by atoms with E-state index in [0.717, 1.165) is 41.9 Å². The third-order valence-corrected chi connectivity index (χ3v) is 3.94. The summed E-state index contributed by atoms with van der Waals surface area (Å²) in [5.74, 6) is 0.962. The molecule has 1 atom stereocenters. The highest BCUT2D eigenvalue weighted by Crippen LogP contribution is 2.25. The molecule has 2 aromatic rings. The van der Waals surface area contributed by atoms with Crippen molar-refractivity contribution < 1.29 is 4.74 Å². The van der Waals surface area contributed by atoms with Gasteiger partial charge in [0.15, 0.2) is 0 Å². The van der Waals surface area contributed by atoms with E-state index in [9.17, 15) is 0 Å². The van der Waals surface area contributed by atoms with Crippen molar-refractivity contribution in [2.45, 2.75) is 38.6 Å². The smallest absolute Gasteiger partial charge is 0.130 e. The summed E-state index contributed by atoms with van der Waals surface area (Å²) in [6.45, 7) is 3.94. The highest BCUT2D eigenvalue weighted by molar-refractivity contribution is 5.85. The SMILES string of the molecule is Cc1cc(OCCC2CCCCN2)c2ccccc2n1. The number of aromatic nitrogens is 1. The molecule has 3 heteroatoms. The first-order valence-electron chi connectivity index (χ1n) is 7.55. The fourth-order valence-corrected chi connectivity index (χ4v) is 2.87. The van der Waals surface area contributed by atoms with Crippen LogP contribution in [0.2, 0.25) is 0 Å². The molecule has 0 amide bonds. The van der Waals surface area contributed by atoms with Gasteiger partial charge in [0.2, 0.25) is 0 Å². The van der Waals surface area contributed by atoms with E-state index < -0.39 is 0 Å². The second-order valence-corrected chi connectivity index (χ2v) is 5.56. The Morgan fingerprint density at radius 3 is 3.05 bits per heavy atom. The Kier molecular flexibility index (Phi) is 4.16. The van der Waals surface area contributed by atoms with E-state index in [2.05, 4.69) is 16.4 Å². The number of aryl methyl sites for hydroxylation is 1. The topological polar surface area (TPSA) is 34.1 Å². The number of pyridine rings is 1. The molecular weight excluding hydrogens is 248 g/mol. The lowest BCUT2D eigenvalue weighted by molar-refractivity contribution is 0.270. The van der Waals surface area contributed by atoms with Crippen molar-refractivity contribution >= 4 is 10.9 Å². The van der Waals surface area contributed by atoms with Crippen molar-refractivity contribution in [2.75, 3.05) is 13.2 Å². The predicted octanol–water partition coefficient (Wildman–Crippen LogP) is 3.45. The standard InChI is InChI=1S/C17H22N2O/c1-13-12-17(15-7-2-3-8-16(15)19-13)20-11-9-14-6-4-5-10-18-14/h2-3,7-8,12,14,18H,4-6,9-11H2,1H3. The second kappa shape index (κ2) is 6.23. The summed E-state index contributed by atoms with van der Waals surface area (Å²) < 4.78 is 6.02. The van der Waals surface area contributed by atoms with Crippen molar-refractivity contribution in [1.82, 2.24) is 10.3 Å². The van der Waals surface area contributed by atoms with E-state index in [1.54, 1.807) is 0 Å². The quantitative estimate of drug-likeness (QED) is 0.924. The molecule has 20 heavy (non-hydrogen) atoms. The van der Waals surface area contributed by atoms with Crippen molar-refractivity contribution in [1.29, 1.82) is 0 Å². The van der Waals surface area contributed by atoms with E-state index in [0.29, 0.717) is 6.04 Å². The molecule has 1 unspecified atom stereocenters. The van der Waals surface area contributed by atoms with Crippen LogP contribution in [0.1, 0.15) is 31.4 Å². The molecule has 3 rings (SSSR count). The fraction of sp³-hybridized carbons (Fsp3) is 0.471. The van der Waals surface area contributed by atoms with Crippen LogP contribution in [0.4, 0.5) is 0 Å². The minimum absolute atomic E-state index is 0.623. The number of nitrogens with one attached hydrogen (secondary N) is 1. The number of ether oxygens (including phenoxy) is 1. The first-order chi connectivity index (χ1) is 9.83. The summed E-state index contributed by atoms with van der Waals surface area (Å²) in [6, 6.07) is 10.8. The maximum absolute atomic E-state index is 6.02. The number of hydrogen-bond acceptors (Lipinski definition) is 3. The first kappa shape index (κ1) is 13.4. The minimum Gasteiger partial charge on any atom is -0.493 e. The Labute approximate surface area is 120 Å². The van der Waals surface area contributed by atoms with Gasteiger partial charge in [-0.15, -0.1) is 0 Å². The molecule has 1 aromatic heterocycles. The van der Waals surface area contributed by atoms with Crippen LogP contribution in [0, 0.1) is 6.92 Å². The average Bonchev–Trinajstić information content (AvgIpc) is 2.48. The van der Waals surface area contributed by atoms with E-state index in [1.165, 1.54) is 19.3 Å². The highest BCUT2D eigenvalue weighted by atomic mass is 16.5. The van der Waals surface area contributed by atoms with Crippen LogP contribution in [0.5, 0.6) is 5.75 Å². The number of piperidine rings is 1. The van der Waals surface area contributed by atoms with Crippen LogP contribution < -0.4 is 10.1 Å². The zero-order valence-electron chi connectivity index (χ0n) is 12.1. The van der Waals surface area contributed by atoms with E-state index in [1.807, 2.05) is 31.2 Å². The summed E-state index contributed by atoms with van der Waals surface area (Å²) in [7, 11) is 0. The normalized spacial score (nSPS) is 19.1. The molecule has 1 aromatic carbocycles. The average molecular weight is 270 g/mol. The second-order valence-electron chi connectivity index (χ2n) is 5.56. The monoisotopic (exact) mass is 270 g/mol. The number of benzene rings is 1. The molecule has 0 spiro atoms. The van der Waals surface area contributed by atoms with E-state index in [-0.39, 0.29) is 0 Å². The molecule has 1 aliphatic heterocycles. The molecule has 0 aliphatic carbocycles. The molecule has 0 radical (unpaired) electrons. The van der Waals surface area contributed by atoms with Crippen molar-refractivity contribution in [2.24, 2.45) is 0 Å². The highest BCUT2D eigenvalue weighted by Gasteiger charge is 2.12. The third kappa shape index (κ3) is 3.10. The lowest BCUT2D eigenvalue weighted by atomic mass is 10.0. The molecule has 0 saturated carbocycles. The van der Waals surface area contributed by atoms with Gasteiger partial charge in [-0.25, -0.2) is 0 Å². The Hall–Kier alpha value is -1.61. The summed E-state index contributed by atoms with van der Waals surface area (Å²) in [5.41, 5.74) is 2.02. The van der Waals surface area contributed by atoms with Gasteiger partial charge in [0.25, 0.3) is 0 Å². The lowest BCUT2D eigenvalue weighted by Crippen LogP contribution is -2.35. The minimum atomic E-state index is 0.623. The van der Waals surface area contributed by atoms with Crippen LogP contribution in [-0.2, 0) is 0 Å². The lowest BCUT2D eigenvalue weighted by Gasteiger charge is -2.23. The number of fused-ring (bicyclic) bond motifs is 1. The van der Waals surface area contributed by atoms with Gasteiger partial charge in [-0.3, -0.25) is 4.98 Å².